The van der Waals surface area contributed by atoms with Gasteiger partial charge in [-0.3, -0.25) is 14.3 Å². The average molecular weight is 367 g/mol. The third-order valence-corrected chi connectivity index (χ3v) is 5.01. The Labute approximate surface area is 157 Å². The van der Waals surface area contributed by atoms with Crippen molar-refractivity contribution in [3.05, 3.63) is 47.3 Å². The van der Waals surface area contributed by atoms with E-state index in [1.807, 2.05) is 19.2 Å². The molecule has 1 saturated heterocycles. The Balaban J connectivity index is 1.58. The number of fused-ring (bicyclic) bond motifs is 2. The fourth-order valence-corrected chi connectivity index (χ4v) is 3.58. The van der Waals surface area contributed by atoms with Crippen molar-refractivity contribution in [2.75, 3.05) is 13.1 Å². The minimum atomic E-state index is -0.276. The Morgan fingerprint density at radius 2 is 2.33 bits per heavy atom. The number of carbonyl (C=O) groups excluding carboxylic acids is 2. The van der Waals surface area contributed by atoms with Gasteiger partial charge in [0.1, 0.15) is 5.75 Å². The summed E-state index contributed by atoms with van der Waals surface area (Å²) in [5.41, 5.74) is 1.68. The third kappa shape index (κ3) is 3.07. The molecule has 0 aliphatic carbocycles. The summed E-state index contributed by atoms with van der Waals surface area (Å²) in [5.74, 6) is 0.161. The molecule has 2 aromatic rings. The molecule has 3 heterocycles. The molecule has 0 saturated carbocycles. The summed E-state index contributed by atoms with van der Waals surface area (Å²) < 4.78 is 7.70. The lowest BCUT2D eigenvalue weighted by atomic mass is 10.0. The Morgan fingerprint density at radius 3 is 3.07 bits per heavy atom. The first-order valence-corrected chi connectivity index (χ1v) is 8.96. The number of hydrazone groups is 1. The number of aromatic nitrogens is 2. The van der Waals surface area contributed by atoms with Crippen molar-refractivity contribution < 1.29 is 14.3 Å². The van der Waals surface area contributed by atoms with Crippen molar-refractivity contribution in [3.63, 3.8) is 0 Å². The van der Waals surface area contributed by atoms with E-state index < -0.39 is 0 Å². The van der Waals surface area contributed by atoms with Gasteiger partial charge in [0.05, 0.1) is 18.7 Å². The molecule has 8 heteroatoms. The number of amides is 2. The predicted molar refractivity (Wildman–Crippen MR) is 98.7 cm³/mol. The average Bonchev–Trinajstić information content (AvgIpc) is 3.34. The van der Waals surface area contributed by atoms with Gasteiger partial charge >= 0.3 is 0 Å². The Kier molecular flexibility index (Phi) is 4.39. The molecule has 27 heavy (non-hydrogen) atoms. The second-order valence-electron chi connectivity index (χ2n) is 6.72. The van der Waals surface area contributed by atoms with Gasteiger partial charge in [-0.15, -0.1) is 0 Å². The number of aryl methyl sites for hydroxylation is 1. The SMILES string of the molecule is C=NN(CCn1cccn1)C(=O)c1cc2c(cc1C)C(=O)N1CCCC1O2. The summed E-state index contributed by atoms with van der Waals surface area (Å²) in [4.78, 5) is 27.4. The Morgan fingerprint density at radius 1 is 1.48 bits per heavy atom. The summed E-state index contributed by atoms with van der Waals surface area (Å²) in [6, 6.07) is 5.21. The number of hydrogen-bond donors (Lipinski definition) is 0. The second-order valence-corrected chi connectivity index (χ2v) is 6.72. The van der Waals surface area contributed by atoms with Crippen molar-refractivity contribution in [2.45, 2.75) is 32.5 Å². The van der Waals surface area contributed by atoms with E-state index in [0.29, 0.717) is 42.1 Å². The Bertz CT molecular complexity index is 893. The van der Waals surface area contributed by atoms with Crippen LogP contribution < -0.4 is 4.74 Å². The van der Waals surface area contributed by atoms with Crippen LogP contribution >= 0.6 is 0 Å². The van der Waals surface area contributed by atoms with Crippen LogP contribution in [0, 0.1) is 6.92 Å². The van der Waals surface area contributed by atoms with Gasteiger partial charge in [-0.1, -0.05) is 0 Å². The topological polar surface area (TPSA) is 80.0 Å². The molecule has 140 valence electrons. The molecular formula is C19H21N5O3. The molecule has 1 unspecified atom stereocenters. The first-order valence-electron chi connectivity index (χ1n) is 8.96. The predicted octanol–water partition coefficient (Wildman–Crippen LogP) is 1.90. The largest absolute Gasteiger partial charge is 0.470 e. The standard InChI is InChI=1S/C19H21N5O3/c1-13-11-15-16(27-17-5-3-8-23(17)18(15)25)12-14(13)19(26)24(20-2)10-9-22-7-4-6-21-22/h4,6-7,11-12,17H,2-3,5,8-10H2,1H3. The first-order chi connectivity index (χ1) is 13.1. The van der Waals surface area contributed by atoms with Crippen LogP contribution in [0.15, 0.2) is 35.7 Å². The van der Waals surface area contributed by atoms with E-state index in [1.54, 1.807) is 27.9 Å². The highest BCUT2D eigenvalue weighted by Crippen LogP contribution is 2.35. The quantitative estimate of drug-likeness (QED) is 0.597. The molecule has 2 aliphatic heterocycles. The van der Waals surface area contributed by atoms with E-state index in [9.17, 15) is 9.59 Å². The lowest BCUT2D eigenvalue weighted by molar-refractivity contribution is 0.0292. The molecule has 0 bridgehead atoms. The lowest BCUT2D eigenvalue weighted by Gasteiger charge is -2.32. The van der Waals surface area contributed by atoms with Gasteiger partial charge in [-0.25, -0.2) is 5.01 Å². The van der Waals surface area contributed by atoms with Crippen molar-refractivity contribution in [1.29, 1.82) is 0 Å². The highest BCUT2D eigenvalue weighted by Gasteiger charge is 2.37. The number of hydrogen-bond acceptors (Lipinski definition) is 5. The highest BCUT2D eigenvalue weighted by atomic mass is 16.5. The van der Waals surface area contributed by atoms with Gasteiger partial charge in [-0.2, -0.15) is 10.2 Å². The molecule has 2 aliphatic rings. The van der Waals surface area contributed by atoms with Gasteiger partial charge in [-0.05, 0) is 37.1 Å². The van der Waals surface area contributed by atoms with Crippen molar-refractivity contribution in [3.8, 4) is 5.75 Å². The fourth-order valence-electron chi connectivity index (χ4n) is 3.58. The molecule has 0 N–H and O–H groups in total. The molecule has 0 radical (unpaired) electrons. The maximum Gasteiger partial charge on any atom is 0.274 e. The van der Waals surface area contributed by atoms with E-state index >= 15 is 0 Å². The van der Waals surface area contributed by atoms with Gasteiger partial charge in [0.2, 0.25) is 0 Å². The van der Waals surface area contributed by atoms with Crippen LogP contribution in [0.4, 0.5) is 0 Å². The maximum absolute atomic E-state index is 13.0. The van der Waals surface area contributed by atoms with Crippen LogP contribution in [0.1, 0.15) is 39.1 Å². The van der Waals surface area contributed by atoms with E-state index in [1.165, 1.54) is 5.01 Å². The summed E-state index contributed by atoms with van der Waals surface area (Å²) in [6.07, 6.45) is 5.01. The number of ether oxygens (including phenoxy) is 1. The first kappa shape index (κ1) is 17.3. The van der Waals surface area contributed by atoms with Crippen molar-refractivity contribution >= 4 is 18.5 Å². The van der Waals surface area contributed by atoms with Crippen LogP contribution in [-0.2, 0) is 6.54 Å². The van der Waals surface area contributed by atoms with E-state index in [2.05, 4.69) is 16.9 Å². The fraction of sp³-hybridized carbons (Fsp3) is 0.368. The van der Waals surface area contributed by atoms with Crippen LogP contribution in [0.5, 0.6) is 5.75 Å². The number of rotatable bonds is 5. The summed E-state index contributed by atoms with van der Waals surface area (Å²) in [5, 5.41) is 9.29. The van der Waals surface area contributed by atoms with E-state index in [0.717, 1.165) is 12.8 Å². The summed E-state index contributed by atoms with van der Waals surface area (Å²) in [7, 11) is 0. The van der Waals surface area contributed by atoms with Gasteiger partial charge in [0.25, 0.3) is 11.8 Å². The number of carbonyl (C=O) groups is 2. The van der Waals surface area contributed by atoms with Crippen molar-refractivity contribution in [1.82, 2.24) is 19.7 Å². The van der Waals surface area contributed by atoms with Crippen LogP contribution in [-0.4, -0.2) is 57.5 Å². The van der Waals surface area contributed by atoms with Crippen LogP contribution in [0.25, 0.3) is 0 Å². The van der Waals surface area contributed by atoms with Gasteiger partial charge < -0.3 is 9.64 Å². The number of nitrogens with zero attached hydrogens (tertiary/aromatic N) is 5. The zero-order valence-electron chi connectivity index (χ0n) is 15.2. The lowest BCUT2D eigenvalue weighted by Crippen LogP contribution is -2.43. The molecular weight excluding hydrogens is 346 g/mol. The summed E-state index contributed by atoms with van der Waals surface area (Å²) in [6.45, 7) is 6.89. The van der Waals surface area contributed by atoms with Crippen LogP contribution in [0.3, 0.4) is 0 Å². The van der Waals surface area contributed by atoms with Gasteiger partial charge in [0, 0.05) is 37.6 Å². The maximum atomic E-state index is 13.0. The molecule has 1 atom stereocenters. The minimum Gasteiger partial charge on any atom is -0.470 e. The zero-order valence-corrected chi connectivity index (χ0v) is 15.2. The third-order valence-electron chi connectivity index (χ3n) is 5.01. The van der Waals surface area contributed by atoms with Crippen molar-refractivity contribution in [2.24, 2.45) is 5.10 Å². The monoisotopic (exact) mass is 367 g/mol. The minimum absolute atomic E-state index is 0.0294. The normalized spacial score (nSPS) is 17.9. The molecule has 4 rings (SSSR count). The van der Waals surface area contributed by atoms with Gasteiger partial charge in [0.15, 0.2) is 6.23 Å². The van der Waals surface area contributed by atoms with Crippen LogP contribution in [0.2, 0.25) is 0 Å². The Hall–Kier alpha value is -3.16. The highest BCUT2D eigenvalue weighted by molar-refractivity contribution is 6.02. The zero-order chi connectivity index (χ0) is 19.0. The molecule has 2 amide bonds. The smallest absolute Gasteiger partial charge is 0.274 e. The molecule has 1 aromatic heterocycles. The van der Waals surface area contributed by atoms with E-state index in [4.69, 9.17) is 4.74 Å². The van der Waals surface area contributed by atoms with E-state index in [-0.39, 0.29) is 18.0 Å². The molecule has 1 aromatic carbocycles. The second kappa shape index (κ2) is 6.86. The molecule has 1 fully saturated rings. The molecule has 0 spiro atoms. The number of benzene rings is 1. The molecule has 8 nitrogen and oxygen atoms in total. The summed E-state index contributed by atoms with van der Waals surface area (Å²) >= 11 is 0.